The number of hydrogen-bond donors (Lipinski definition) is 1. The van der Waals surface area contributed by atoms with Crippen molar-refractivity contribution in [3.05, 3.63) is 29.8 Å². The summed E-state index contributed by atoms with van der Waals surface area (Å²) >= 11 is 0. The minimum atomic E-state index is 0.602. The lowest BCUT2D eigenvalue weighted by Gasteiger charge is -2.38. The van der Waals surface area contributed by atoms with E-state index in [0.29, 0.717) is 6.04 Å². The Balaban J connectivity index is 1.79. The van der Waals surface area contributed by atoms with Crippen LogP contribution in [-0.4, -0.2) is 37.7 Å². The molecule has 0 unspecified atom stereocenters. The molecule has 1 heterocycles. The first-order chi connectivity index (χ1) is 10.4. The van der Waals surface area contributed by atoms with E-state index >= 15 is 0 Å². The normalized spacial score (nSPS) is 22.3. The summed E-state index contributed by atoms with van der Waals surface area (Å²) in [4.78, 5) is 2.70. The summed E-state index contributed by atoms with van der Waals surface area (Å²) in [6.07, 6.45) is 5.60. The van der Waals surface area contributed by atoms with Crippen molar-refractivity contribution in [2.75, 3.05) is 32.8 Å². The third-order valence-corrected chi connectivity index (χ3v) is 4.92. The number of ether oxygens (including phenoxy) is 1. The molecule has 3 nitrogen and oxygen atoms in total. The van der Waals surface area contributed by atoms with Gasteiger partial charge in [0, 0.05) is 32.2 Å². The molecule has 116 valence electrons. The van der Waals surface area contributed by atoms with Crippen LogP contribution in [0.4, 0.5) is 0 Å². The molecule has 1 N–H and O–H groups in total. The van der Waals surface area contributed by atoms with Crippen molar-refractivity contribution in [3.8, 4) is 5.75 Å². The first-order valence-electron chi connectivity index (χ1n) is 8.56. The Bertz CT molecular complexity index is 419. The van der Waals surface area contributed by atoms with Gasteiger partial charge in [-0.3, -0.25) is 4.90 Å². The van der Waals surface area contributed by atoms with Crippen molar-refractivity contribution >= 4 is 0 Å². The van der Waals surface area contributed by atoms with Crippen LogP contribution in [0.5, 0.6) is 5.75 Å². The highest BCUT2D eigenvalue weighted by atomic mass is 16.5. The van der Waals surface area contributed by atoms with Crippen molar-refractivity contribution in [1.29, 1.82) is 0 Å². The van der Waals surface area contributed by atoms with Gasteiger partial charge in [-0.25, -0.2) is 0 Å². The zero-order valence-corrected chi connectivity index (χ0v) is 13.2. The van der Waals surface area contributed by atoms with E-state index in [1.807, 2.05) is 6.92 Å². The maximum absolute atomic E-state index is 5.59. The molecule has 0 bridgehead atoms. The Morgan fingerprint density at radius 3 is 2.43 bits per heavy atom. The van der Waals surface area contributed by atoms with Crippen LogP contribution in [0, 0.1) is 5.92 Å². The van der Waals surface area contributed by atoms with Gasteiger partial charge in [0.2, 0.25) is 0 Å². The van der Waals surface area contributed by atoms with Gasteiger partial charge in [-0.2, -0.15) is 0 Å². The second kappa shape index (κ2) is 7.28. The Labute approximate surface area is 128 Å². The van der Waals surface area contributed by atoms with Crippen molar-refractivity contribution < 1.29 is 4.74 Å². The molecule has 1 aromatic carbocycles. The molecule has 1 saturated carbocycles. The summed E-state index contributed by atoms with van der Waals surface area (Å²) in [5.74, 6) is 1.83. The van der Waals surface area contributed by atoms with E-state index in [0.717, 1.165) is 31.4 Å². The van der Waals surface area contributed by atoms with E-state index in [2.05, 4.69) is 34.5 Å². The van der Waals surface area contributed by atoms with Gasteiger partial charge < -0.3 is 10.1 Å². The molecule has 3 heteroatoms. The summed E-state index contributed by atoms with van der Waals surface area (Å²) in [7, 11) is 0. The standard InChI is InChI=1S/C18H28N2O/c1-2-21-17-9-7-16(8-10-17)18(15-5-3-4-6-15)20-13-11-19-12-14-20/h7-10,15,18-19H,2-6,11-14H2,1H3/t18-/m1/s1. The molecule has 3 rings (SSSR count). The predicted molar refractivity (Wildman–Crippen MR) is 86.8 cm³/mol. The Morgan fingerprint density at radius 1 is 1.14 bits per heavy atom. The zero-order chi connectivity index (χ0) is 14.5. The fourth-order valence-electron chi connectivity index (χ4n) is 3.94. The van der Waals surface area contributed by atoms with Crippen LogP contribution in [0.25, 0.3) is 0 Å². The Hall–Kier alpha value is -1.06. The fraction of sp³-hybridized carbons (Fsp3) is 0.667. The summed E-state index contributed by atoms with van der Waals surface area (Å²) in [5, 5.41) is 3.48. The van der Waals surface area contributed by atoms with Gasteiger partial charge >= 0.3 is 0 Å². The molecule has 0 aromatic heterocycles. The molecule has 0 radical (unpaired) electrons. The van der Waals surface area contributed by atoms with Crippen molar-refractivity contribution in [2.24, 2.45) is 5.92 Å². The van der Waals surface area contributed by atoms with Gasteiger partial charge in [-0.05, 0) is 43.4 Å². The molecule has 21 heavy (non-hydrogen) atoms. The molecular weight excluding hydrogens is 260 g/mol. The van der Waals surface area contributed by atoms with Gasteiger partial charge in [0.05, 0.1) is 6.61 Å². The van der Waals surface area contributed by atoms with Gasteiger partial charge in [-0.1, -0.05) is 25.0 Å². The van der Waals surface area contributed by atoms with Crippen molar-refractivity contribution in [1.82, 2.24) is 10.2 Å². The molecule has 1 saturated heterocycles. The van der Waals surface area contributed by atoms with Crippen LogP contribution >= 0.6 is 0 Å². The summed E-state index contributed by atoms with van der Waals surface area (Å²) in [5.41, 5.74) is 1.48. The average molecular weight is 288 g/mol. The van der Waals surface area contributed by atoms with Gasteiger partial charge in [0.25, 0.3) is 0 Å². The molecule has 0 amide bonds. The SMILES string of the molecule is CCOc1ccc([C@@H](C2CCCC2)N2CCNCC2)cc1. The molecule has 1 atom stereocenters. The lowest BCUT2D eigenvalue weighted by Crippen LogP contribution is -2.46. The van der Waals surface area contributed by atoms with E-state index in [1.165, 1.54) is 44.3 Å². The Morgan fingerprint density at radius 2 is 1.81 bits per heavy atom. The summed E-state index contributed by atoms with van der Waals surface area (Å²) in [6, 6.07) is 9.46. The van der Waals surface area contributed by atoms with Crippen LogP contribution in [0.2, 0.25) is 0 Å². The highest BCUT2D eigenvalue weighted by Crippen LogP contribution is 2.40. The molecule has 1 aromatic rings. The molecule has 0 spiro atoms. The lowest BCUT2D eigenvalue weighted by molar-refractivity contribution is 0.125. The van der Waals surface area contributed by atoms with Gasteiger partial charge in [-0.15, -0.1) is 0 Å². The number of benzene rings is 1. The largest absolute Gasteiger partial charge is 0.494 e. The molecular formula is C18H28N2O. The maximum Gasteiger partial charge on any atom is 0.119 e. The van der Waals surface area contributed by atoms with Crippen molar-refractivity contribution in [2.45, 2.75) is 38.6 Å². The van der Waals surface area contributed by atoms with Gasteiger partial charge in [0.15, 0.2) is 0 Å². The van der Waals surface area contributed by atoms with Crippen LogP contribution in [-0.2, 0) is 0 Å². The number of hydrogen-bond acceptors (Lipinski definition) is 3. The first kappa shape index (κ1) is 14.9. The number of nitrogens with zero attached hydrogens (tertiary/aromatic N) is 1. The van der Waals surface area contributed by atoms with E-state index < -0.39 is 0 Å². The van der Waals surface area contributed by atoms with Crippen LogP contribution in [0.3, 0.4) is 0 Å². The van der Waals surface area contributed by atoms with Crippen molar-refractivity contribution in [3.63, 3.8) is 0 Å². The quantitative estimate of drug-likeness (QED) is 0.900. The first-order valence-corrected chi connectivity index (χ1v) is 8.56. The fourth-order valence-corrected chi connectivity index (χ4v) is 3.94. The third kappa shape index (κ3) is 3.58. The minimum absolute atomic E-state index is 0.602. The number of nitrogens with one attached hydrogen (secondary N) is 1. The van der Waals surface area contributed by atoms with E-state index in [-0.39, 0.29) is 0 Å². The van der Waals surface area contributed by atoms with Crippen LogP contribution in [0.1, 0.15) is 44.2 Å². The lowest BCUT2D eigenvalue weighted by atomic mass is 9.89. The molecule has 1 aliphatic heterocycles. The maximum atomic E-state index is 5.59. The monoisotopic (exact) mass is 288 g/mol. The van der Waals surface area contributed by atoms with Crippen LogP contribution in [0.15, 0.2) is 24.3 Å². The summed E-state index contributed by atoms with van der Waals surface area (Å²) in [6.45, 7) is 7.38. The molecule has 2 aliphatic rings. The predicted octanol–water partition coefficient (Wildman–Crippen LogP) is 3.22. The average Bonchev–Trinajstić information content (AvgIpc) is 3.05. The van der Waals surface area contributed by atoms with E-state index in [4.69, 9.17) is 4.74 Å². The van der Waals surface area contributed by atoms with E-state index in [9.17, 15) is 0 Å². The number of piperazine rings is 1. The second-order valence-electron chi connectivity index (χ2n) is 6.28. The summed E-state index contributed by atoms with van der Waals surface area (Å²) < 4.78 is 5.59. The minimum Gasteiger partial charge on any atom is -0.494 e. The topological polar surface area (TPSA) is 24.5 Å². The molecule has 1 aliphatic carbocycles. The Kier molecular flexibility index (Phi) is 5.15. The van der Waals surface area contributed by atoms with Gasteiger partial charge in [0.1, 0.15) is 5.75 Å². The zero-order valence-electron chi connectivity index (χ0n) is 13.2. The number of rotatable bonds is 5. The highest BCUT2D eigenvalue weighted by Gasteiger charge is 2.31. The second-order valence-corrected chi connectivity index (χ2v) is 6.28. The highest BCUT2D eigenvalue weighted by molar-refractivity contribution is 5.30. The molecule has 2 fully saturated rings. The van der Waals surface area contributed by atoms with Crippen LogP contribution < -0.4 is 10.1 Å². The smallest absolute Gasteiger partial charge is 0.119 e. The van der Waals surface area contributed by atoms with E-state index in [1.54, 1.807) is 0 Å². The third-order valence-electron chi connectivity index (χ3n) is 4.92.